The van der Waals surface area contributed by atoms with Gasteiger partial charge in [-0.25, -0.2) is 4.68 Å². The number of aromatic nitrogens is 3. The molecule has 0 bridgehead atoms. The van der Waals surface area contributed by atoms with Crippen molar-refractivity contribution in [2.24, 2.45) is 0 Å². The molecule has 2 heterocycles. The van der Waals surface area contributed by atoms with Crippen LogP contribution in [0.25, 0.3) is 0 Å². The first-order chi connectivity index (χ1) is 14.8. The van der Waals surface area contributed by atoms with Crippen LogP contribution in [0.3, 0.4) is 0 Å². The van der Waals surface area contributed by atoms with E-state index in [9.17, 15) is 0 Å². The molecular formula is C24H21ClN4O. The van der Waals surface area contributed by atoms with Crippen LogP contribution >= 0.6 is 11.6 Å². The summed E-state index contributed by atoms with van der Waals surface area (Å²) in [5.74, 6) is 1.60. The molecule has 3 aromatic carbocycles. The van der Waals surface area contributed by atoms with Crippen LogP contribution in [0.5, 0.6) is 5.75 Å². The smallest absolute Gasteiger partial charge is 0.222 e. The van der Waals surface area contributed by atoms with Crippen molar-refractivity contribution in [2.45, 2.75) is 25.1 Å². The quantitative estimate of drug-likeness (QED) is 0.456. The first kappa shape index (κ1) is 18.7. The van der Waals surface area contributed by atoms with Crippen LogP contribution < -0.4 is 10.1 Å². The average molecular weight is 417 g/mol. The Morgan fingerprint density at radius 2 is 1.73 bits per heavy atom. The summed E-state index contributed by atoms with van der Waals surface area (Å²) in [6.07, 6.45) is 2.41. The summed E-state index contributed by atoms with van der Waals surface area (Å²) in [5.41, 5.74) is 3.38. The van der Waals surface area contributed by atoms with E-state index in [-0.39, 0.29) is 12.1 Å². The van der Waals surface area contributed by atoms with E-state index in [0.717, 1.165) is 39.8 Å². The minimum atomic E-state index is 0.0631. The van der Waals surface area contributed by atoms with Gasteiger partial charge >= 0.3 is 0 Å². The maximum absolute atomic E-state index is 6.46. The van der Waals surface area contributed by atoms with Crippen LogP contribution in [0.4, 0.5) is 5.95 Å². The molecule has 4 aromatic rings. The Labute approximate surface area is 180 Å². The number of hydrogen-bond donors (Lipinski definition) is 1. The van der Waals surface area contributed by atoms with Crippen molar-refractivity contribution in [3.8, 4) is 5.75 Å². The van der Waals surface area contributed by atoms with Crippen molar-refractivity contribution in [3.63, 3.8) is 0 Å². The molecule has 30 heavy (non-hydrogen) atoms. The zero-order chi connectivity index (χ0) is 20.3. The number of nitrogens with zero attached hydrogens (tertiary/aromatic N) is 3. The number of hydrogen-bond acceptors (Lipinski definition) is 4. The van der Waals surface area contributed by atoms with Crippen molar-refractivity contribution in [3.05, 3.63) is 107 Å². The molecule has 0 saturated heterocycles. The molecule has 5 nitrogen and oxygen atoms in total. The van der Waals surface area contributed by atoms with E-state index in [0.29, 0.717) is 6.61 Å². The summed E-state index contributed by atoms with van der Waals surface area (Å²) in [6.45, 7) is 0.551. The van der Waals surface area contributed by atoms with Crippen molar-refractivity contribution < 1.29 is 4.74 Å². The molecular weight excluding hydrogens is 396 g/mol. The molecule has 0 aliphatic carbocycles. The Morgan fingerprint density at radius 1 is 0.967 bits per heavy atom. The third-order valence-electron chi connectivity index (χ3n) is 5.42. The van der Waals surface area contributed by atoms with Crippen LogP contribution in [0.1, 0.15) is 35.2 Å². The number of benzene rings is 3. The van der Waals surface area contributed by atoms with E-state index in [2.05, 4.69) is 45.7 Å². The molecule has 1 aliphatic heterocycles. The fourth-order valence-corrected chi connectivity index (χ4v) is 4.15. The molecule has 0 radical (unpaired) electrons. The number of anilines is 1. The van der Waals surface area contributed by atoms with E-state index >= 15 is 0 Å². The minimum absolute atomic E-state index is 0.0631. The van der Waals surface area contributed by atoms with Gasteiger partial charge < -0.3 is 10.1 Å². The second-order valence-electron chi connectivity index (χ2n) is 7.34. The van der Waals surface area contributed by atoms with Gasteiger partial charge in [0.2, 0.25) is 5.95 Å². The first-order valence-corrected chi connectivity index (χ1v) is 10.3. The van der Waals surface area contributed by atoms with Crippen molar-refractivity contribution in [1.82, 2.24) is 14.8 Å². The molecule has 150 valence electrons. The van der Waals surface area contributed by atoms with Crippen molar-refractivity contribution in [1.29, 1.82) is 0 Å². The maximum atomic E-state index is 6.46. The molecule has 1 aliphatic rings. The lowest BCUT2D eigenvalue weighted by Gasteiger charge is -2.32. The Hall–Kier alpha value is -3.31. The van der Waals surface area contributed by atoms with Gasteiger partial charge in [-0.05, 0) is 41.3 Å². The number of ether oxygens (including phenoxy) is 1. The molecule has 0 fully saturated rings. The van der Waals surface area contributed by atoms with E-state index in [4.69, 9.17) is 16.3 Å². The van der Waals surface area contributed by atoms with Gasteiger partial charge in [-0.15, -0.1) is 0 Å². The average Bonchev–Trinajstić information content (AvgIpc) is 3.27. The van der Waals surface area contributed by atoms with Gasteiger partial charge in [0.15, 0.2) is 0 Å². The summed E-state index contributed by atoms with van der Waals surface area (Å²) in [5, 5.41) is 8.66. The van der Waals surface area contributed by atoms with Crippen LogP contribution in [0.2, 0.25) is 5.02 Å². The fourth-order valence-electron chi connectivity index (χ4n) is 3.89. The standard InChI is InChI=1S/C24H21ClN4O/c25-21-9-5-4-8-20(21)22-14-23(29-24(28-22)26-16-27-29)18-10-12-19(13-11-18)30-15-17-6-2-1-3-7-17/h1-13,16,22-23H,14-15H2,(H,26,27,28)/t22-,23+/m1/s1. The molecule has 2 atom stereocenters. The van der Waals surface area contributed by atoms with Gasteiger partial charge in [-0.3, -0.25) is 0 Å². The Kier molecular flexibility index (Phi) is 5.11. The molecule has 0 amide bonds. The highest BCUT2D eigenvalue weighted by molar-refractivity contribution is 6.31. The fraction of sp³-hybridized carbons (Fsp3) is 0.167. The van der Waals surface area contributed by atoms with E-state index in [1.54, 1.807) is 6.33 Å². The minimum Gasteiger partial charge on any atom is -0.489 e. The highest BCUT2D eigenvalue weighted by Crippen LogP contribution is 2.39. The first-order valence-electron chi connectivity index (χ1n) is 9.95. The highest BCUT2D eigenvalue weighted by Gasteiger charge is 2.30. The normalized spacial score (nSPS) is 17.8. The lowest BCUT2D eigenvalue weighted by Crippen LogP contribution is -2.28. The summed E-state index contributed by atoms with van der Waals surface area (Å²) >= 11 is 6.46. The van der Waals surface area contributed by atoms with Crippen molar-refractivity contribution in [2.75, 3.05) is 5.32 Å². The van der Waals surface area contributed by atoms with Gasteiger partial charge in [-0.2, -0.15) is 10.1 Å². The van der Waals surface area contributed by atoms with E-state index in [1.165, 1.54) is 0 Å². The molecule has 0 spiro atoms. The second kappa shape index (κ2) is 8.20. The monoisotopic (exact) mass is 416 g/mol. The SMILES string of the molecule is Clc1ccccc1[C@H]1C[C@@H](c2ccc(OCc3ccccc3)cc2)n2ncnc2N1. The third kappa shape index (κ3) is 3.76. The summed E-state index contributed by atoms with van der Waals surface area (Å²) in [7, 11) is 0. The lowest BCUT2D eigenvalue weighted by molar-refractivity contribution is 0.306. The van der Waals surface area contributed by atoms with Crippen LogP contribution in [-0.4, -0.2) is 14.8 Å². The summed E-state index contributed by atoms with van der Waals surface area (Å²) < 4.78 is 7.87. The zero-order valence-corrected chi connectivity index (χ0v) is 17.0. The number of nitrogens with one attached hydrogen (secondary N) is 1. The Bertz CT molecular complexity index is 1130. The number of fused-ring (bicyclic) bond motifs is 1. The van der Waals surface area contributed by atoms with Gasteiger partial charge in [0.1, 0.15) is 18.7 Å². The summed E-state index contributed by atoms with van der Waals surface area (Å²) in [6, 6.07) is 26.5. The molecule has 6 heteroatoms. The number of halogens is 1. The predicted molar refractivity (Wildman–Crippen MR) is 118 cm³/mol. The maximum Gasteiger partial charge on any atom is 0.222 e. The van der Waals surface area contributed by atoms with E-state index in [1.807, 2.05) is 53.2 Å². The third-order valence-corrected chi connectivity index (χ3v) is 5.77. The molecule has 5 rings (SSSR count). The van der Waals surface area contributed by atoms with Crippen LogP contribution in [-0.2, 0) is 6.61 Å². The van der Waals surface area contributed by atoms with Gasteiger partial charge in [-0.1, -0.05) is 72.3 Å². The van der Waals surface area contributed by atoms with Gasteiger partial charge in [0, 0.05) is 5.02 Å². The van der Waals surface area contributed by atoms with E-state index < -0.39 is 0 Å². The van der Waals surface area contributed by atoms with Gasteiger partial charge in [0.05, 0.1) is 12.1 Å². The predicted octanol–water partition coefficient (Wildman–Crippen LogP) is 5.66. The number of rotatable bonds is 5. The lowest BCUT2D eigenvalue weighted by atomic mass is 9.93. The van der Waals surface area contributed by atoms with Crippen LogP contribution in [0.15, 0.2) is 85.2 Å². The van der Waals surface area contributed by atoms with Crippen molar-refractivity contribution >= 4 is 17.5 Å². The Morgan fingerprint density at radius 3 is 2.53 bits per heavy atom. The molecule has 0 unspecified atom stereocenters. The molecule has 1 N–H and O–H groups in total. The van der Waals surface area contributed by atoms with Gasteiger partial charge in [0.25, 0.3) is 0 Å². The molecule has 0 saturated carbocycles. The topological polar surface area (TPSA) is 52.0 Å². The Balaban J connectivity index is 1.37. The highest BCUT2D eigenvalue weighted by atomic mass is 35.5. The van der Waals surface area contributed by atoms with Crippen LogP contribution in [0, 0.1) is 0 Å². The molecule has 1 aromatic heterocycles. The largest absolute Gasteiger partial charge is 0.489 e. The second-order valence-corrected chi connectivity index (χ2v) is 7.75. The summed E-state index contributed by atoms with van der Waals surface area (Å²) in [4.78, 5) is 4.39. The zero-order valence-electron chi connectivity index (χ0n) is 16.3.